The van der Waals surface area contributed by atoms with Gasteiger partial charge in [-0.3, -0.25) is 9.80 Å². The van der Waals surface area contributed by atoms with Crippen LogP contribution in [0.25, 0.3) is 0 Å². The molecule has 7 heteroatoms. The Hall–Kier alpha value is -1.75. The molecule has 1 aliphatic rings. The van der Waals surface area contributed by atoms with Crippen molar-refractivity contribution in [1.29, 1.82) is 5.26 Å². The monoisotopic (exact) mass is 387 g/mol. The fraction of sp³-hybridized carbons (Fsp3) is 0.762. The predicted octanol–water partition coefficient (Wildman–Crippen LogP) is 2.27. The second kappa shape index (κ2) is 10.7. The molecule has 1 fully saturated rings. The molecule has 156 valence electrons. The molecular weight excluding hydrogens is 350 g/mol. The van der Waals surface area contributed by atoms with Crippen molar-refractivity contribution in [3.05, 3.63) is 17.6 Å². The van der Waals surface area contributed by atoms with E-state index in [2.05, 4.69) is 64.6 Å². The third-order valence-corrected chi connectivity index (χ3v) is 5.24. The van der Waals surface area contributed by atoms with E-state index in [1.54, 1.807) is 0 Å². The van der Waals surface area contributed by atoms with Gasteiger partial charge >= 0.3 is 0 Å². The molecule has 2 rings (SSSR count). The molecule has 1 N–H and O–H groups in total. The Labute approximate surface area is 170 Å². The van der Waals surface area contributed by atoms with Gasteiger partial charge in [-0.2, -0.15) is 5.26 Å². The van der Waals surface area contributed by atoms with E-state index >= 15 is 0 Å². The van der Waals surface area contributed by atoms with E-state index in [9.17, 15) is 0 Å². The highest BCUT2D eigenvalue weighted by atomic mass is 15.3. The van der Waals surface area contributed by atoms with Gasteiger partial charge in [0.05, 0.1) is 0 Å². The van der Waals surface area contributed by atoms with Crippen LogP contribution in [0.3, 0.4) is 0 Å². The standard InChI is InChI=1S/C21H37N7/c1-6-26(7-2)8-9-27-10-12-28(13-11-27)16-18-15-23-19(14-22)25-20(18)24-17-21(3,4)5/h15H,6-13,16-17H2,1-5H3,(H,23,24,25). The van der Waals surface area contributed by atoms with Crippen molar-refractivity contribution in [1.82, 2.24) is 24.7 Å². The quantitative estimate of drug-likeness (QED) is 0.697. The predicted molar refractivity (Wildman–Crippen MR) is 114 cm³/mol. The van der Waals surface area contributed by atoms with Crippen LogP contribution in [0, 0.1) is 16.7 Å². The van der Waals surface area contributed by atoms with Gasteiger partial charge in [0.15, 0.2) is 0 Å². The summed E-state index contributed by atoms with van der Waals surface area (Å²) < 4.78 is 0. The third-order valence-electron chi connectivity index (χ3n) is 5.24. The van der Waals surface area contributed by atoms with Gasteiger partial charge in [-0.05, 0) is 18.5 Å². The van der Waals surface area contributed by atoms with Crippen LogP contribution in [0.1, 0.15) is 46.0 Å². The summed E-state index contributed by atoms with van der Waals surface area (Å²) in [4.78, 5) is 16.1. The molecule has 1 saturated heterocycles. The smallest absolute Gasteiger partial charge is 0.234 e. The zero-order valence-corrected chi connectivity index (χ0v) is 18.3. The lowest BCUT2D eigenvalue weighted by molar-refractivity contribution is 0.116. The Morgan fingerprint density at radius 1 is 1.14 bits per heavy atom. The van der Waals surface area contributed by atoms with Gasteiger partial charge in [-0.15, -0.1) is 0 Å². The summed E-state index contributed by atoms with van der Waals surface area (Å²) in [6.07, 6.45) is 1.81. The minimum atomic E-state index is 0.144. The van der Waals surface area contributed by atoms with Crippen molar-refractivity contribution in [2.45, 2.75) is 41.2 Å². The fourth-order valence-corrected chi connectivity index (χ4v) is 3.31. The molecule has 2 heterocycles. The maximum absolute atomic E-state index is 9.13. The molecule has 0 amide bonds. The first-order chi connectivity index (χ1) is 13.3. The molecule has 0 spiro atoms. The van der Waals surface area contributed by atoms with Crippen molar-refractivity contribution in [3.63, 3.8) is 0 Å². The number of hydrogen-bond acceptors (Lipinski definition) is 7. The summed E-state index contributed by atoms with van der Waals surface area (Å²) in [7, 11) is 0. The van der Waals surface area contributed by atoms with Crippen LogP contribution >= 0.6 is 0 Å². The van der Waals surface area contributed by atoms with E-state index in [1.165, 1.54) is 0 Å². The molecule has 28 heavy (non-hydrogen) atoms. The van der Waals surface area contributed by atoms with Crippen LogP contribution in [0.2, 0.25) is 0 Å². The van der Waals surface area contributed by atoms with E-state index in [0.29, 0.717) is 0 Å². The number of nitrogens with one attached hydrogen (secondary N) is 1. The largest absolute Gasteiger partial charge is 0.369 e. The SMILES string of the molecule is CCN(CC)CCN1CCN(Cc2cnc(C#N)nc2NCC(C)(C)C)CC1. The molecular formula is C21H37N7. The van der Waals surface area contributed by atoms with Crippen LogP contribution in [0.4, 0.5) is 5.82 Å². The molecule has 0 atom stereocenters. The molecule has 0 unspecified atom stereocenters. The number of nitrogens with zero attached hydrogens (tertiary/aromatic N) is 6. The average molecular weight is 388 g/mol. The molecule has 0 saturated carbocycles. The number of nitriles is 1. The average Bonchev–Trinajstić information content (AvgIpc) is 2.68. The highest BCUT2D eigenvalue weighted by molar-refractivity contribution is 5.44. The lowest BCUT2D eigenvalue weighted by Gasteiger charge is -2.35. The minimum Gasteiger partial charge on any atom is -0.369 e. The Bertz CT molecular complexity index is 635. The highest BCUT2D eigenvalue weighted by Crippen LogP contribution is 2.19. The van der Waals surface area contributed by atoms with Gasteiger partial charge in [-0.25, -0.2) is 9.97 Å². The Kier molecular flexibility index (Phi) is 8.61. The molecule has 0 aliphatic carbocycles. The normalized spacial score (nSPS) is 16.3. The van der Waals surface area contributed by atoms with Gasteiger partial charge in [0.1, 0.15) is 11.9 Å². The van der Waals surface area contributed by atoms with Crippen molar-refractivity contribution in [2.75, 3.05) is 64.2 Å². The number of aromatic nitrogens is 2. The summed E-state index contributed by atoms with van der Waals surface area (Å²) in [5, 5.41) is 12.6. The summed E-state index contributed by atoms with van der Waals surface area (Å²) in [5.74, 6) is 1.02. The topological polar surface area (TPSA) is 71.3 Å². The summed E-state index contributed by atoms with van der Waals surface area (Å²) in [6, 6.07) is 2.05. The molecule has 1 aromatic heterocycles. The highest BCUT2D eigenvalue weighted by Gasteiger charge is 2.20. The van der Waals surface area contributed by atoms with Crippen LogP contribution in [0.5, 0.6) is 0 Å². The number of likely N-dealkylation sites (N-methyl/N-ethyl adjacent to an activating group) is 1. The number of hydrogen-bond donors (Lipinski definition) is 1. The van der Waals surface area contributed by atoms with E-state index < -0.39 is 0 Å². The summed E-state index contributed by atoms with van der Waals surface area (Å²) in [5.41, 5.74) is 1.21. The van der Waals surface area contributed by atoms with Crippen LogP contribution in [-0.4, -0.2) is 83.6 Å². The van der Waals surface area contributed by atoms with Crippen LogP contribution < -0.4 is 5.32 Å². The molecule has 1 aromatic rings. The third kappa shape index (κ3) is 7.34. The van der Waals surface area contributed by atoms with Crippen LogP contribution in [0.15, 0.2) is 6.20 Å². The second-order valence-electron chi connectivity index (χ2n) is 8.74. The van der Waals surface area contributed by atoms with Crippen molar-refractivity contribution < 1.29 is 0 Å². The maximum atomic E-state index is 9.13. The van der Waals surface area contributed by atoms with Gasteiger partial charge in [0, 0.05) is 64.1 Å². The number of anilines is 1. The first kappa shape index (κ1) is 22.5. The Morgan fingerprint density at radius 3 is 2.36 bits per heavy atom. The van der Waals surface area contributed by atoms with Gasteiger partial charge < -0.3 is 10.2 Å². The molecule has 0 aromatic carbocycles. The number of rotatable bonds is 9. The first-order valence-corrected chi connectivity index (χ1v) is 10.5. The van der Waals surface area contributed by atoms with E-state index in [-0.39, 0.29) is 11.2 Å². The summed E-state index contributed by atoms with van der Waals surface area (Å²) >= 11 is 0. The van der Waals surface area contributed by atoms with E-state index in [0.717, 1.165) is 76.8 Å². The fourth-order valence-electron chi connectivity index (χ4n) is 3.31. The molecule has 1 aliphatic heterocycles. The lowest BCUT2D eigenvalue weighted by Crippen LogP contribution is -2.48. The Balaban J connectivity index is 1.90. The van der Waals surface area contributed by atoms with Crippen molar-refractivity contribution >= 4 is 5.82 Å². The first-order valence-electron chi connectivity index (χ1n) is 10.5. The zero-order chi connectivity index (χ0) is 20.6. The lowest BCUT2D eigenvalue weighted by atomic mass is 9.97. The van der Waals surface area contributed by atoms with Crippen molar-refractivity contribution in [3.8, 4) is 6.07 Å². The van der Waals surface area contributed by atoms with E-state index in [1.807, 2.05) is 12.3 Å². The van der Waals surface area contributed by atoms with Gasteiger partial charge in [-0.1, -0.05) is 34.6 Å². The van der Waals surface area contributed by atoms with E-state index in [4.69, 9.17) is 5.26 Å². The summed E-state index contributed by atoms with van der Waals surface area (Å²) in [6.45, 7) is 21.5. The molecule has 0 bridgehead atoms. The van der Waals surface area contributed by atoms with Crippen molar-refractivity contribution in [2.24, 2.45) is 5.41 Å². The minimum absolute atomic E-state index is 0.144. The zero-order valence-electron chi connectivity index (χ0n) is 18.3. The number of piperazine rings is 1. The Morgan fingerprint density at radius 2 is 1.79 bits per heavy atom. The maximum Gasteiger partial charge on any atom is 0.234 e. The van der Waals surface area contributed by atoms with Gasteiger partial charge in [0.25, 0.3) is 0 Å². The van der Waals surface area contributed by atoms with Crippen LogP contribution in [-0.2, 0) is 6.54 Å². The molecule has 0 radical (unpaired) electrons. The second-order valence-corrected chi connectivity index (χ2v) is 8.74. The van der Waals surface area contributed by atoms with Gasteiger partial charge in [0.2, 0.25) is 5.82 Å². The molecule has 7 nitrogen and oxygen atoms in total.